The molecule has 0 fully saturated rings. The first-order valence-electron chi connectivity index (χ1n) is 6.10. The van der Waals surface area contributed by atoms with Gasteiger partial charge in [-0.15, -0.1) is 11.3 Å². The molecular formula is C15H7BrClF2NOS. The molecule has 3 rings (SSSR count). The Morgan fingerprint density at radius 2 is 1.95 bits per heavy atom. The summed E-state index contributed by atoms with van der Waals surface area (Å²) < 4.78 is 28.7. The number of anilines is 1. The van der Waals surface area contributed by atoms with Gasteiger partial charge in [0, 0.05) is 14.6 Å². The van der Waals surface area contributed by atoms with Crippen LogP contribution in [0.25, 0.3) is 10.1 Å². The third-order valence-electron chi connectivity index (χ3n) is 2.99. The Hall–Kier alpha value is -1.50. The quantitative estimate of drug-likeness (QED) is 0.572. The van der Waals surface area contributed by atoms with Crippen LogP contribution in [0.1, 0.15) is 9.67 Å². The van der Waals surface area contributed by atoms with Crippen LogP contribution in [0.4, 0.5) is 14.5 Å². The van der Waals surface area contributed by atoms with Crippen molar-refractivity contribution < 1.29 is 13.6 Å². The maximum absolute atomic E-state index is 13.8. The molecule has 7 heteroatoms. The van der Waals surface area contributed by atoms with Crippen molar-refractivity contribution in [3.05, 3.63) is 62.4 Å². The van der Waals surface area contributed by atoms with Crippen LogP contribution < -0.4 is 5.32 Å². The van der Waals surface area contributed by atoms with Crippen LogP contribution in [-0.4, -0.2) is 5.91 Å². The van der Waals surface area contributed by atoms with Crippen LogP contribution in [-0.2, 0) is 0 Å². The van der Waals surface area contributed by atoms with Gasteiger partial charge in [-0.3, -0.25) is 4.79 Å². The van der Waals surface area contributed by atoms with Crippen molar-refractivity contribution in [1.82, 2.24) is 0 Å². The Kier molecular flexibility index (Phi) is 4.16. The Morgan fingerprint density at radius 3 is 2.64 bits per heavy atom. The molecule has 22 heavy (non-hydrogen) atoms. The van der Waals surface area contributed by atoms with Crippen molar-refractivity contribution >= 4 is 60.5 Å². The van der Waals surface area contributed by atoms with Crippen molar-refractivity contribution in [1.29, 1.82) is 0 Å². The first-order chi connectivity index (χ1) is 10.5. The van der Waals surface area contributed by atoms with E-state index in [0.29, 0.717) is 9.17 Å². The van der Waals surface area contributed by atoms with E-state index < -0.39 is 17.5 Å². The number of carbonyl (C=O) groups excluding carboxylic acids is 1. The van der Waals surface area contributed by atoms with Crippen LogP contribution in [0.15, 0.2) is 40.9 Å². The third-order valence-corrected chi connectivity index (χ3v) is 5.13. The first kappa shape index (κ1) is 15.4. The molecule has 0 saturated heterocycles. The molecule has 0 radical (unpaired) electrons. The van der Waals surface area contributed by atoms with E-state index in [9.17, 15) is 13.6 Å². The fraction of sp³-hybridized carbons (Fsp3) is 0. The molecule has 0 unspecified atom stereocenters. The molecule has 0 aliphatic heterocycles. The predicted octanol–water partition coefficient (Wildman–Crippen LogP) is 5.85. The summed E-state index contributed by atoms with van der Waals surface area (Å²) in [4.78, 5) is 12.4. The lowest BCUT2D eigenvalue weighted by molar-refractivity contribution is 0.103. The lowest BCUT2D eigenvalue weighted by Gasteiger charge is -2.05. The topological polar surface area (TPSA) is 29.1 Å². The zero-order chi connectivity index (χ0) is 15.9. The second kappa shape index (κ2) is 5.95. The van der Waals surface area contributed by atoms with Crippen LogP contribution in [0.5, 0.6) is 0 Å². The highest BCUT2D eigenvalue weighted by molar-refractivity contribution is 9.10. The molecule has 3 aromatic rings. The molecule has 0 bridgehead atoms. The summed E-state index contributed by atoms with van der Waals surface area (Å²) in [5, 5.41) is 2.68. The molecule has 2 nitrogen and oxygen atoms in total. The van der Waals surface area contributed by atoms with E-state index in [1.165, 1.54) is 18.2 Å². The van der Waals surface area contributed by atoms with E-state index in [2.05, 4.69) is 21.2 Å². The Labute approximate surface area is 141 Å². The molecule has 1 aromatic heterocycles. The van der Waals surface area contributed by atoms with E-state index in [1.807, 2.05) is 0 Å². The summed E-state index contributed by atoms with van der Waals surface area (Å²) in [6, 6.07) is 8.76. The number of amides is 1. The predicted molar refractivity (Wildman–Crippen MR) is 88.8 cm³/mol. The van der Waals surface area contributed by atoms with Gasteiger partial charge in [0.15, 0.2) is 0 Å². The number of nitrogens with one attached hydrogen (secondary N) is 1. The van der Waals surface area contributed by atoms with Gasteiger partial charge in [-0.25, -0.2) is 8.78 Å². The molecule has 2 aromatic carbocycles. The van der Waals surface area contributed by atoms with Gasteiger partial charge in [0.25, 0.3) is 5.91 Å². The van der Waals surface area contributed by atoms with Crippen molar-refractivity contribution in [3.63, 3.8) is 0 Å². The van der Waals surface area contributed by atoms with E-state index in [4.69, 9.17) is 11.6 Å². The van der Waals surface area contributed by atoms with Crippen LogP contribution in [0, 0.1) is 11.6 Å². The van der Waals surface area contributed by atoms with Crippen LogP contribution in [0.2, 0.25) is 5.02 Å². The number of benzene rings is 2. The molecule has 1 N–H and O–H groups in total. The normalized spacial score (nSPS) is 10.9. The smallest absolute Gasteiger partial charge is 0.267 e. The summed E-state index contributed by atoms with van der Waals surface area (Å²) in [6.07, 6.45) is 0. The average Bonchev–Trinajstić information content (AvgIpc) is 2.80. The highest BCUT2D eigenvalue weighted by Crippen LogP contribution is 2.37. The average molecular weight is 403 g/mol. The maximum Gasteiger partial charge on any atom is 0.267 e. The molecule has 1 amide bonds. The lowest BCUT2D eigenvalue weighted by atomic mass is 10.2. The van der Waals surface area contributed by atoms with Gasteiger partial charge in [0.2, 0.25) is 0 Å². The summed E-state index contributed by atoms with van der Waals surface area (Å²) in [6.45, 7) is 0. The van der Waals surface area contributed by atoms with Crippen LogP contribution in [0.3, 0.4) is 0 Å². The monoisotopic (exact) mass is 401 g/mol. The number of hydrogen-bond acceptors (Lipinski definition) is 2. The Morgan fingerprint density at radius 1 is 1.18 bits per heavy atom. The molecule has 0 saturated carbocycles. The van der Waals surface area contributed by atoms with Crippen LogP contribution >= 0.6 is 38.9 Å². The number of fused-ring (bicyclic) bond motifs is 1. The molecule has 0 aliphatic rings. The van der Waals surface area contributed by atoms with Gasteiger partial charge in [-0.1, -0.05) is 33.6 Å². The Balaban J connectivity index is 1.99. The summed E-state index contributed by atoms with van der Waals surface area (Å²) >= 11 is 10.3. The minimum Gasteiger partial charge on any atom is -0.319 e. The van der Waals surface area contributed by atoms with Crippen molar-refractivity contribution in [2.45, 2.75) is 0 Å². The number of hydrogen-bond donors (Lipinski definition) is 1. The van der Waals surface area contributed by atoms with E-state index >= 15 is 0 Å². The second-order valence-electron chi connectivity index (χ2n) is 4.44. The zero-order valence-electron chi connectivity index (χ0n) is 10.8. The lowest BCUT2D eigenvalue weighted by Crippen LogP contribution is -2.11. The highest BCUT2D eigenvalue weighted by Gasteiger charge is 2.20. The van der Waals surface area contributed by atoms with Crippen molar-refractivity contribution in [2.75, 3.05) is 5.32 Å². The third kappa shape index (κ3) is 2.74. The van der Waals surface area contributed by atoms with Gasteiger partial charge >= 0.3 is 0 Å². The highest BCUT2D eigenvalue weighted by atomic mass is 79.9. The molecule has 112 valence electrons. The number of carbonyl (C=O) groups is 1. The fourth-order valence-corrected chi connectivity index (χ4v) is 3.77. The molecule has 0 aliphatic carbocycles. The number of halogens is 4. The standard InChI is InChI=1S/C15H7BrClF2NOS/c16-7-4-5-10(9(19)6-7)20-15(21)14-13(17)12-8(18)2-1-3-11(12)22-14/h1-6H,(H,20,21). The summed E-state index contributed by atoms with van der Waals surface area (Å²) in [5.41, 5.74) is 0.0298. The Bertz CT molecular complexity index is 897. The molecular weight excluding hydrogens is 396 g/mol. The van der Waals surface area contributed by atoms with E-state index in [1.54, 1.807) is 18.2 Å². The van der Waals surface area contributed by atoms with Crippen molar-refractivity contribution in [3.8, 4) is 0 Å². The minimum atomic E-state index is -0.578. The minimum absolute atomic E-state index is 0.0298. The number of thiophene rings is 1. The molecule has 0 atom stereocenters. The largest absolute Gasteiger partial charge is 0.319 e. The number of rotatable bonds is 2. The molecule has 1 heterocycles. The zero-order valence-corrected chi connectivity index (χ0v) is 14.0. The van der Waals surface area contributed by atoms with E-state index in [-0.39, 0.29) is 21.0 Å². The van der Waals surface area contributed by atoms with Gasteiger partial charge in [0.1, 0.15) is 16.5 Å². The SMILES string of the molecule is O=C(Nc1ccc(Br)cc1F)c1sc2cccc(F)c2c1Cl. The summed E-state index contributed by atoms with van der Waals surface area (Å²) in [5.74, 6) is -1.65. The second-order valence-corrected chi connectivity index (χ2v) is 6.78. The van der Waals surface area contributed by atoms with Gasteiger partial charge in [-0.2, -0.15) is 0 Å². The summed E-state index contributed by atoms with van der Waals surface area (Å²) in [7, 11) is 0. The van der Waals surface area contributed by atoms with Gasteiger partial charge in [0.05, 0.1) is 10.7 Å². The van der Waals surface area contributed by atoms with E-state index in [0.717, 1.165) is 11.3 Å². The molecule has 0 spiro atoms. The fourth-order valence-electron chi connectivity index (χ4n) is 1.99. The first-order valence-corrected chi connectivity index (χ1v) is 8.09. The maximum atomic E-state index is 13.8. The van der Waals surface area contributed by atoms with Gasteiger partial charge < -0.3 is 5.32 Å². The van der Waals surface area contributed by atoms with Crippen molar-refractivity contribution in [2.24, 2.45) is 0 Å². The van der Waals surface area contributed by atoms with Gasteiger partial charge in [-0.05, 0) is 30.3 Å².